The van der Waals surface area contributed by atoms with Crippen molar-refractivity contribution in [1.82, 2.24) is 0 Å². The molecule has 0 heterocycles. The van der Waals surface area contributed by atoms with Gasteiger partial charge in [-0.3, -0.25) is 14.4 Å². The second kappa shape index (κ2) is 48.6. The lowest BCUT2D eigenvalue weighted by molar-refractivity contribution is -0.167. The zero-order valence-corrected chi connectivity index (χ0v) is 39.5. The zero-order valence-electron chi connectivity index (χ0n) is 39.5. The standard InChI is InChI=1S/C53H98O6/c1-4-7-10-13-16-19-21-23-25-27-29-31-34-37-40-43-46-52(55)58-49-50(48-57-51(54)45-42-39-36-33-18-15-12-9-6-3)59-53(56)47-44-41-38-35-32-30-28-26-24-22-20-17-14-11-8-5-2/h19,21,25,27,50H,4-18,20,22-24,26,28-49H2,1-3H3/b21-19-,27-25-. The van der Waals surface area contributed by atoms with Crippen molar-refractivity contribution in [2.75, 3.05) is 13.2 Å². The molecule has 0 saturated carbocycles. The first kappa shape index (κ1) is 56.9. The zero-order chi connectivity index (χ0) is 43.0. The molecule has 6 heteroatoms. The van der Waals surface area contributed by atoms with Crippen LogP contribution in [0.2, 0.25) is 0 Å². The molecule has 0 N–H and O–H groups in total. The Bertz CT molecular complexity index is 958. The first-order valence-electron chi connectivity index (χ1n) is 25.8. The van der Waals surface area contributed by atoms with Crippen LogP contribution in [-0.2, 0) is 28.6 Å². The molecule has 59 heavy (non-hydrogen) atoms. The molecule has 6 nitrogen and oxygen atoms in total. The van der Waals surface area contributed by atoms with Crippen LogP contribution in [0.1, 0.15) is 278 Å². The summed E-state index contributed by atoms with van der Waals surface area (Å²) in [6.07, 6.45) is 54.5. The van der Waals surface area contributed by atoms with Crippen LogP contribution in [0.15, 0.2) is 24.3 Å². The molecule has 1 unspecified atom stereocenters. The first-order chi connectivity index (χ1) is 29.0. The second-order valence-electron chi connectivity index (χ2n) is 17.4. The Balaban J connectivity index is 4.31. The number of hydrogen-bond donors (Lipinski definition) is 0. The molecule has 0 radical (unpaired) electrons. The van der Waals surface area contributed by atoms with Crippen LogP contribution in [0.3, 0.4) is 0 Å². The molecular formula is C53H98O6. The van der Waals surface area contributed by atoms with Gasteiger partial charge in [-0.1, -0.05) is 231 Å². The van der Waals surface area contributed by atoms with E-state index in [9.17, 15) is 14.4 Å². The largest absolute Gasteiger partial charge is 0.462 e. The molecule has 0 aliphatic rings. The van der Waals surface area contributed by atoms with E-state index in [1.54, 1.807) is 0 Å². The van der Waals surface area contributed by atoms with Crippen molar-refractivity contribution < 1.29 is 28.6 Å². The van der Waals surface area contributed by atoms with Crippen molar-refractivity contribution in [2.45, 2.75) is 284 Å². The van der Waals surface area contributed by atoms with Crippen molar-refractivity contribution >= 4 is 17.9 Å². The van der Waals surface area contributed by atoms with Gasteiger partial charge in [0.2, 0.25) is 0 Å². The summed E-state index contributed by atoms with van der Waals surface area (Å²) < 4.78 is 16.8. The van der Waals surface area contributed by atoms with Gasteiger partial charge < -0.3 is 14.2 Å². The topological polar surface area (TPSA) is 78.9 Å². The van der Waals surface area contributed by atoms with Gasteiger partial charge in [-0.2, -0.15) is 0 Å². The minimum atomic E-state index is -0.770. The third-order valence-corrected chi connectivity index (χ3v) is 11.5. The summed E-state index contributed by atoms with van der Waals surface area (Å²) in [5, 5.41) is 0. The van der Waals surface area contributed by atoms with Crippen LogP contribution < -0.4 is 0 Å². The smallest absolute Gasteiger partial charge is 0.306 e. The maximum atomic E-state index is 12.8. The van der Waals surface area contributed by atoms with E-state index in [0.717, 1.165) is 77.0 Å². The highest BCUT2D eigenvalue weighted by atomic mass is 16.6. The molecular weight excluding hydrogens is 733 g/mol. The molecule has 0 aromatic heterocycles. The van der Waals surface area contributed by atoms with Crippen LogP contribution in [0.5, 0.6) is 0 Å². The first-order valence-corrected chi connectivity index (χ1v) is 25.8. The van der Waals surface area contributed by atoms with E-state index in [1.165, 1.54) is 161 Å². The Morgan fingerprint density at radius 3 is 0.949 bits per heavy atom. The van der Waals surface area contributed by atoms with Crippen molar-refractivity contribution in [1.29, 1.82) is 0 Å². The number of unbranched alkanes of at least 4 members (excludes halogenated alkanes) is 32. The van der Waals surface area contributed by atoms with Crippen LogP contribution >= 0.6 is 0 Å². The molecule has 0 aliphatic carbocycles. The van der Waals surface area contributed by atoms with E-state index >= 15 is 0 Å². The van der Waals surface area contributed by atoms with E-state index in [0.29, 0.717) is 19.3 Å². The summed E-state index contributed by atoms with van der Waals surface area (Å²) in [5.74, 6) is -0.875. The molecule has 0 aliphatic heterocycles. The molecule has 0 spiro atoms. The maximum absolute atomic E-state index is 12.8. The van der Waals surface area contributed by atoms with Gasteiger partial charge in [-0.15, -0.1) is 0 Å². The van der Waals surface area contributed by atoms with Crippen molar-refractivity contribution in [3.05, 3.63) is 24.3 Å². The molecule has 0 aromatic rings. The molecule has 0 amide bonds. The Labute approximate surface area is 366 Å². The highest BCUT2D eigenvalue weighted by Gasteiger charge is 2.19. The highest BCUT2D eigenvalue weighted by Crippen LogP contribution is 2.16. The summed E-state index contributed by atoms with van der Waals surface area (Å²) >= 11 is 0. The average molecular weight is 831 g/mol. The van der Waals surface area contributed by atoms with E-state index in [-0.39, 0.29) is 31.1 Å². The maximum Gasteiger partial charge on any atom is 0.306 e. The third-order valence-electron chi connectivity index (χ3n) is 11.5. The van der Waals surface area contributed by atoms with Crippen LogP contribution in [0.4, 0.5) is 0 Å². The number of carbonyl (C=O) groups excluding carboxylic acids is 3. The molecule has 0 saturated heterocycles. The van der Waals surface area contributed by atoms with Gasteiger partial charge in [0, 0.05) is 19.3 Å². The highest BCUT2D eigenvalue weighted by molar-refractivity contribution is 5.71. The predicted molar refractivity (Wildman–Crippen MR) is 252 cm³/mol. The number of allylic oxidation sites excluding steroid dienone is 4. The van der Waals surface area contributed by atoms with Gasteiger partial charge in [-0.25, -0.2) is 0 Å². The monoisotopic (exact) mass is 831 g/mol. The summed E-state index contributed by atoms with van der Waals surface area (Å²) in [4.78, 5) is 37.9. The summed E-state index contributed by atoms with van der Waals surface area (Å²) in [7, 11) is 0. The number of esters is 3. The van der Waals surface area contributed by atoms with Crippen molar-refractivity contribution in [3.63, 3.8) is 0 Å². The summed E-state index contributed by atoms with van der Waals surface area (Å²) in [5.41, 5.74) is 0. The van der Waals surface area contributed by atoms with Gasteiger partial charge in [0.05, 0.1) is 0 Å². The Hall–Kier alpha value is -2.11. The van der Waals surface area contributed by atoms with Gasteiger partial charge in [0.25, 0.3) is 0 Å². The molecule has 346 valence electrons. The summed E-state index contributed by atoms with van der Waals surface area (Å²) in [6.45, 7) is 6.62. The fourth-order valence-corrected chi connectivity index (χ4v) is 7.53. The molecule has 0 bridgehead atoms. The number of ether oxygens (including phenoxy) is 3. The van der Waals surface area contributed by atoms with Gasteiger partial charge in [0.1, 0.15) is 13.2 Å². The lowest BCUT2D eigenvalue weighted by atomic mass is 10.0. The molecule has 0 aromatic carbocycles. The van der Waals surface area contributed by atoms with Gasteiger partial charge in [0.15, 0.2) is 6.10 Å². The van der Waals surface area contributed by atoms with E-state index < -0.39 is 6.10 Å². The minimum Gasteiger partial charge on any atom is -0.462 e. The van der Waals surface area contributed by atoms with Gasteiger partial charge >= 0.3 is 17.9 Å². The SMILES string of the molecule is CCCCCC/C=C\C/C=C\CCCCCCCC(=O)OCC(COC(=O)CCCCCCCCCCC)OC(=O)CCCCCCCCCCCCCCCCCC. The van der Waals surface area contributed by atoms with Crippen molar-refractivity contribution in [3.8, 4) is 0 Å². The Morgan fingerprint density at radius 1 is 0.339 bits per heavy atom. The summed E-state index contributed by atoms with van der Waals surface area (Å²) in [6, 6.07) is 0. The molecule has 0 fully saturated rings. The van der Waals surface area contributed by atoms with E-state index in [2.05, 4.69) is 45.1 Å². The third kappa shape index (κ3) is 46.8. The number of carbonyl (C=O) groups is 3. The van der Waals surface area contributed by atoms with E-state index in [4.69, 9.17) is 14.2 Å². The lowest BCUT2D eigenvalue weighted by Gasteiger charge is -2.18. The quantitative estimate of drug-likeness (QED) is 0.0263. The molecule has 0 rings (SSSR count). The number of hydrogen-bond acceptors (Lipinski definition) is 6. The van der Waals surface area contributed by atoms with E-state index in [1.807, 2.05) is 0 Å². The van der Waals surface area contributed by atoms with Crippen LogP contribution in [0, 0.1) is 0 Å². The predicted octanol–water partition coefficient (Wildman–Crippen LogP) is 16.8. The number of rotatable bonds is 47. The minimum absolute atomic E-state index is 0.0714. The fraction of sp³-hybridized carbons (Fsp3) is 0.868. The van der Waals surface area contributed by atoms with Crippen LogP contribution in [-0.4, -0.2) is 37.2 Å². The molecule has 1 atom stereocenters. The lowest BCUT2D eigenvalue weighted by Crippen LogP contribution is -2.30. The second-order valence-corrected chi connectivity index (χ2v) is 17.4. The van der Waals surface area contributed by atoms with Crippen molar-refractivity contribution in [2.24, 2.45) is 0 Å². The Kier molecular flexibility index (Phi) is 46.8. The average Bonchev–Trinajstić information content (AvgIpc) is 3.23. The van der Waals surface area contributed by atoms with Crippen LogP contribution in [0.25, 0.3) is 0 Å². The fourth-order valence-electron chi connectivity index (χ4n) is 7.53. The normalized spacial score (nSPS) is 12.1. The van der Waals surface area contributed by atoms with Gasteiger partial charge in [-0.05, 0) is 51.4 Å². The Morgan fingerprint density at radius 2 is 0.610 bits per heavy atom.